The van der Waals surface area contributed by atoms with E-state index in [9.17, 15) is 9.90 Å². The van der Waals surface area contributed by atoms with E-state index < -0.39 is 12.0 Å². The fraction of sp³-hybridized carbons (Fsp3) is 0.375. The highest BCUT2D eigenvalue weighted by Gasteiger charge is 2.21. The van der Waals surface area contributed by atoms with Gasteiger partial charge in [0, 0.05) is 11.1 Å². The van der Waals surface area contributed by atoms with E-state index in [-0.39, 0.29) is 6.04 Å². The number of aromatic nitrogens is 1. The second-order valence-electron chi connectivity index (χ2n) is 4.93. The van der Waals surface area contributed by atoms with Crippen molar-refractivity contribution in [2.24, 2.45) is 0 Å². The van der Waals surface area contributed by atoms with Gasteiger partial charge in [-0.05, 0) is 31.0 Å². The molecule has 2 aromatic rings. The minimum absolute atomic E-state index is 0.238. The van der Waals surface area contributed by atoms with Crippen molar-refractivity contribution in [3.63, 3.8) is 0 Å². The summed E-state index contributed by atoms with van der Waals surface area (Å²) >= 11 is 1.57. The molecule has 0 unspecified atom stereocenters. The molecule has 0 saturated carbocycles. The topological polar surface area (TPSA) is 71.5 Å². The van der Waals surface area contributed by atoms with Gasteiger partial charge in [-0.3, -0.25) is 4.79 Å². The number of rotatable bonds is 6. The van der Waals surface area contributed by atoms with Crippen molar-refractivity contribution in [1.82, 2.24) is 10.3 Å². The molecule has 0 saturated heterocycles. The first-order valence-electron chi connectivity index (χ1n) is 7.12. The highest BCUT2D eigenvalue weighted by molar-refractivity contribution is 7.11. The first-order valence-corrected chi connectivity index (χ1v) is 7.93. The Morgan fingerprint density at radius 2 is 2.27 bits per heavy atom. The third-order valence-electron chi connectivity index (χ3n) is 3.31. The van der Waals surface area contributed by atoms with E-state index in [2.05, 4.69) is 17.2 Å². The molecule has 0 aliphatic rings. The number of amides is 1. The number of carbonyl (C=O) groups excluding carboxylic acids is 1. The molecule has 6 heteroatoms. The number of methoxy groups -OCH3 is 1. The summed E-state index contributed by atoms with van der Waals surface area (Å²) in [5.41, 5.74) is 0.498. The van der Waals surface area contributed by atoms with E-state index in [0.717, 1.165) is 11.4 Å². The summed E-state index contributed by atoms with van der Waals surface area (Å²) in [6, 6.07) is 6.60. The first-order chi connectivity index (χ1) is 10.5. The lowest BCUT2D eigenvalue weighted by Gasteiger charge is -2.16. The van der Waals surface area contributed by atoms with Crippen LogP contribution in [0.5, 0.6) is 5.75 Å². The molecule has 5 nitrogen and oxygen atoms in total. The van der Waals surface area contributed by atoms with E-state index in [0.29, 0.717) is 11.3 Å². The number of benzene rings is 1. The van der Waals surface area contributed by atoms with E-state index >= 15 is 0 Å². The standard InChI is InChI=1S/C16H20N2O3S/c1-4-13-9-17-16(22-13)10(2)18-15(20)14(19)11-6-5-7-12(8-11)21-3/h5-10,14,19H,4H2,1-3H3,(H,18,20)/t10-,14-/m0/s1. The molecule has 2 N–H and O–H groups in total. The molecule has 1 aromatic heterocycles. The molecule has 1 aromatic carbocycles. The number of nitrogens with one attached hydrogen (secondary N) is 1. The van der Waals surface area contributed by atoms with E-state index in [1.165, 1.54) is 4.88 Å². The fourth-order valence-electron chi connectivity index (χ4n) is 2.00. The lowest BCUT2D eigenvalue weighted by Crippen LogP contribution is -2.31. The maximum absolute atomic E-state index is 12.2. The predicted molar refractivity (Wildman–Crippen MR) is 86.0 cm³/mol. The summed E-state index contributed by atoms with van der Waals surface area (Å²) in [7, 11) is 1.54. The van der Waals surface area contributed by atoms with Crippen LogP contribution in [0.1, 0.15) is 41.4 Å². The minimum Gasteiger partial charge on any atom is -0.497 e. The number of nitrogens with zero attached hydrogens (tertiary/aromatic N) is 1. The third-order valence-corrected chi connectivity index (χ3v) is 4.63. The van der Waals surface area contributed by atoms with Crippen LogP contribution in [0.4, 0.5) is 0 Å². The number of aryl methyl sites for hydroxylation is 1. The molecule has 0 spiro atoms. The Labute approximate surface area is 134 Å². The van der Waals surface area contributed by atoms with Crippen LogP contribution in [0.2, 0.25) is 0 Å². The van der Waals surface area contributed by atoms with Crippen LogP contribution in [0.25, 0.3) is 0 Å². The van der Waals surface area contributed by atoms with Gasteiger partial charge in [0.1, 0.15) is 10.8 Å². The Bertz CT molecular complexity index is 642. The average molecular weight is 320 g/mol. The molecule has 1 amide bonds. The van der Waals surface area contributed by atoms with Crippen LogP contribution in [-0.2, 0) is 11.2 Å². The SMILES string of the molecule is CCc1cnc([C@H](C)NC(=O)[C@@H](O)c2cccc(OC)c2)s1. The molecular formula is C16H20N2O3S. The Morgan fingerprint density at radius 3 is 2.91 bits per heavy atom. The number of aliphatic hydroxyl groups excluding tert-OH is 1. The van der Waals surface area contributed by atoms with Gasteiger partial charge in [-0.2, -0.15) is 0 Å². The second kappa shape index (κ2) is 7.38. The number of carbonyl (C=O) groups is 1. The quantitative estimate of drug-likeness (QED) is 0.858. The van der Waals surface area contributed by atoms with Crippen molar-refractivity contribution in [3.05, 3.63) is 45.9 Å². The van der Waals surface area contributed by atoms with Gasteiger partial charge in [-0.1, -0.05) is 19.1 Å². The van der Waals surface area contributed by atoms with Crippen LogP contribution in [-0.4, -0.2) is 23.1 Å². The summed E-state index contributed by atoms with van der Waals surface area (Å²) < 4.78 is 5.10. The van der Waals surface area contributed by atoms with Crippen LogP contribution in [0.3, 0.4) is 0 Å². The molecule has 0 aliphatic heterocycles. The molecule has 2 rings (SSSR count). The summed E-state index contributed by atoms with van der Waals surface area (Å²) in [5, 5.41) is 13.8. The van der Waals surface area contributed by atoms with Crippen LogP contribution >= 0.6 is 11.3 Å². The third kappa shape index (κ3) is 3.84. The maximum atomic E-state index is 12.2. The fourth-order valence-corrected chi connectivity index (χ4v) is 2.86. The molecule has 0 fully saturated rings. The zero-order valence-electron chi connectivity index (χ0n) is 12.9. The van der Waals surface area contributed by atoms with E-state index in [1.54, 1.807) is 42.7 Å². The van der Waals surface area contributed by atoms with Crippen molar-refractivity contribution in [2.75, 3.05) is 7.11 Å². The van der Waals surface area contributed by atoms with Gasteiger partial charge in [-0.15, -0.1) is 11.3 Å². The zero-order chi connectivity index (χ0) is 16.1. The summed E-state index contributed by atoms with van der Waals surface area (Å²) in [5.74, 6) is 0.152. The average Bonchev–Trinajstić information content (AvgIpc) is 3.03. The van der Waals surface area contributed by atoms with Gasteiger partial charge in [0.05, 0.1) is 13.2 Å². The summed E-state index contributed by atoms with van der Waals surface area (Å²) in [6.45, 7) is 3.92. The zero-order valence-corrected chi connectivity index (χ0v) is 13.7. The van der Waals surface area contributed by atoms with Crippen molar-refractivity contribution < 1.29 is 14.6 Å². The minimum atomic E-state index is -1.23. The summed E-state index contributed by atoms with van der Waals surface area (Å²) in [6.07, 6.45) is 1.51. The Balaban J connectivity index is 2.04. The Morgan fingerprint density at radius 1 is 1.50 bits per heavy atom. The van der Waals surface area contributed by atoms with Gasteiger partial charge in [-0.25, -0.2) is 4.98 Å². The lowest BCUT2D eigenvalue weighted by molar-refractivity contribution is -0.130. The first kappa shape index (κ1) is 16.5. The van der Waals surface area contributed by atoms with E-state index in [1.807, 2.05) is 13.1 Å². The van der Waals surface area contributed by atoms with Gasteiger partial charge >= 0.3 is 0 Å². The number of hydrogen-bond donors (Lipinski definition) is 2. The molecular weight excluding hydrogens is 300 g/mol. The molecule has 0 bridgehead atoms. The largest absolute Gasteiger partial charge is 0.497 e. The molecule has 2 atom stereocenters. The lowest BCUT2D eigenvalue weighted by atomic mass is 10.1. The molecule has 1 heterocycles. The van der Waals surface area contributed by atoms with Gasteiger partial charge < -0.3 is 15.2 Å². The van der Waals surface area contributed by atoms with E-state index in [4.69, 9.17) is 4.74 Å². The van der Waals surface area contributed by atoms with Crippen molar-refractivity contribution in [1.29, 1.82) is 0 Å². The van der Waals surface area contributed by atoms with Crippen molar-refractivity contribution in [3.8, 4) is 5.75 Å². The molecule has 22 heavy (non-hydrogen) atoms. The number of thiazole rings is 1. The molecule has 118 valence electrons. The van der Waals surface area contributed by atoms with Crippen molar-refractivity contribution in [2.45, 2.75) is 32.4 Å². The highest BCUT2D eigenvalue weighted by atomic mass is 32.1. The number of hydrogen-bond acceptors (Lipinski definition) is 5. The highest BCUT2D eigenvalue weighted by Crippen LogP contribution is 2.23. The monoisotopic (exact) mass is 320 g/mol. The van der Waals surface area contributed by atoms with Crippen molar-refractivity contribution >= 4 is 17.2 Å². The second-order valence-corrected chi connectivity index (χ2v) is 6.07. The maximum Gasteiger partial charge on any atom is 0.254 e. The van der Waals surface area contributed by atoms with Gasteiger partial charge in [0.25, 0.3) is 5.91 Å². The van der Waals surface area contributed by atoms with Gasteiger partial charge in [0.2, 0.25) is 0 Å². The molecule has 0 aliphatic carbocycles. The number of ether oxygens (including phenoxy) is 1. The number of aliphatic hydroxyl groups is 1. The normalized spacial score (nSPS) is 13.5. The Kier molecular flexibility index (Phi) is 5.51. The predicted octanol–water partition coefficient (Wildman–Crippen LogP) is 2.62. The van der Waals surface area contributed by atoms with Crippen LogP contribution < -0.4 is 10.1 Å². The van der Waals surface area contributed by atoms with Gasteiger partial charge in [0.15, 0.2) is 6.10 Å². The Hall–Kier alpha value is -1.92. The smallest absolute Gasteiger partial charge is 0.254 e. The summed E-state index contributed by atoms with van der Waals surface area (Å²) in [4.78, 5) is 17.7. The van der Waals surface area contributed by atoms with Crippen LogP contribution in [0.15, 0.2) is 30.5 Å². The molecule has 0 radical (unpaired) electrons. The van der Waals surface area contributed by atoms with Crippen LogP contribution in [0, 0.1) is 0 Å².